The lowest BCUT2D eigenvalue weighted by atomic mass is 10.2. The van der Waals surface area contributed by atoms with Gasteiger partial charge in [0.1, 0.15) is 5.75 Å². The Morgan fingerprint density at radius 1 is 0.906 bits per heavy atom. The summed E-state index contributed by atoms with van der Waals surface area (Å²) in [6.45, 7) is 0. The van der Waals surface area contributed by atoms with Crippen LogP contribution in [0.1, 0.15) is 17.0 Å². The highest BCUT2D eigenvalue weighted by molar-refractivity contribution is 7.15. The Hall–Kier alpha value is -3.91. The Bertz CT molecular complexity index is 1420. The molecule has 7 nitrogen and oxygen atoms in total. The molecule has 0 aliphatic heterocycles. The molecule has 2 aromatic carbocycles. The topological polar surface area (TPSA) is 74.9 Å². The predicted molar refractivity (Wildman–Crippen MR) is 127 cm³/mol. The third-order valence-electron chi connectivity index (χ3n) is 4.69. The van der Waals surface area contributed by atoms with Crippen LogP contribution in [0.25, 0.3) is 29.3 Å². The third-order valence-corrected chi connectivity index (χ3v) is 5.67. The molecule has 162 valence electrons. The first-order valence-corrected chi connectivity index (χ1v) is 10.6. The lowest BCUT2D eigenvalue weighted by Crippen LogP contribution is -2.23. The van der Waals surface area contributed by atoms with Crippen molar-refractivity contribution in [3.05, 3.63) is 80.4 Å². The maximum atomic E-state index is 12.7. The molecule has 0 amide bonds. The highest BCUT2D eigenvalue weighted by atomic mass is 32.1. The van der Waals surface area contributed by atoms with Crippen LogP contribution in [0.15, 0.2) is 53.3 Å². The summed E-state index contributed by atoms with van der Waals surface area (Å²) in [6, 6.07) is 13.3. The zero-order chi connectivity index (χ0) is 22.5. The Morgan fingerprint density at radius 2 is 1.69 bits per heavy atom. The monoisotopic (exact) mass is 447 g/mol. The molecular weight excluding hydrogens is 426 g/mol. The standard InChI is InChI=1S/C24H21N3O4S/c1-29-18-9-5-4-7-17(18)8-6-10-21-23(28)27-24(32-21)25-22(26-27)14-12-16-11-13-19(30-2)20(15-16)31-3/h4-15H,1-3H3. The van der Waals surface area contributed by atoms with E-state index in [2.05, 4.69) is 10.1 Å². The zero-order valence-corrected chi connectivity index (χ0v) is 18.6. The van der Waals surface area contributed by atoms with Crippen molar-refractivity contribution < 1.29 is 14.2 Å². The molecule has 0 spiro atoms. The quantitative estimate of drug-likeness (QED) is 0.431. The molecule has 2 aromatic heterocycles. The highest BCUT2D eigenvalue weighted by Gasteiger charge is 2.09. The van der Waals surface area contributed by atoms with E-state index < -0.39 is 0 Å². The maximum absolute atomic E-state index is 12.7. The van der Waals surface area contributed by atoms with Gasteiger partial charge < -0.3 is 14.2 Å². The van der Waals surface area contributed by atoms with E-state index in [0.29, 0.717) is 26.8 Å². The summed E-state index contributed by atoms with van der Waals surface area (Å²) in [5.41, 5.74) is 1.63. The van der Waals surface area contributed by atoms with Gasteiger partial charge in [0.15, 0.2) is 17.3 Å². The molecule has 4 rings (SSSR count). The molecule has 32 heavy (non-hydrogen) atoms. The predicted octanol–water partition coefficient (Wildman–Crippen LogP) is 3.56. The van der Waals surface area contributed by atoms with Crippen molar-refractivity contribution in [2.24, 2.45) is 0 Å². The Labute approximate surface area is 188 Å². The van der Waals surface area contributed by atoms with Crippen LogP contribution in [-0.2, 0) is 0 Å². The number of allylic oxidation sites excluding steroid dienone is 1. The number of ether oxygens (including phenoxy) is 3. The number of hydrogen-bond donors (Lipinski definition) is 0. The van der Waals surface area contributed by atoms with Gasteiger partial charge in [0.05, 0.1) is 25.9 Å². The minimum absolute atomic E-state index is 0.201. The number of nitrogens with zero attached hydrogens (tertiary/aromatic N) is 3. The molecule has 4 aromatic rings. The second-order valence-corrected chi connectivity index (χ2v) is 7.66. The smallest absolute Gasteiger partial charge is 0.291 e. The van der Waals surface area contributed by atoms with Gasteiger partial charge in [-0.3, -0.25) is 4.79 Å². The van der Waals surface area contributed by atoms with E-state index in [4.69, 9.17) is 14.2 Å². The van der Waals surface area contributed by atoms with Crippen molar-refractivity contribution in [3.8, 4) is 17.2 Å². The van der Waals surface area contributed by atoms with E-state index >= 15 is 0 Å². The van der Waals surface area contributed by atoms with E-state index in [9.17, 15) is 4.79 Å². The number of benzene rings is 2. The second-order valence-electron chi connectivity index (χ2n) is 6.65. The van der Waals surface area contributed by atoms with Crippen LogP contribution in [0.4, 0.5) is 0 Å². The first-order chi connectivity index (χ1) is 15.6. The van der Waals surface area contributed by atoms with Crippen molar-refractivity contribution in [1.29, 1.82) is 0 Å². The molecule has 0 aliphatic rings. The number of methoxy groups -OCH3 is 3. The van der Waals surface area contributed by atoms with Crippen LogP contribution in [0, 0.1) is 0 Å². The van der Waals surface area contributed by atoms with Crippen LogP contribution < -0.4 is 24.3 Å². The fourth-order valence-electron chi connectivity index (χ4n) is 3.10. The SMILES string of the molecule is COc1ccccc1C=CC=c1sc2nc(C=Cc3ccc(OC)c(OC)c3)nn2c1=O. The van der Waals surface area contributed by atoms with Gasteiger partial charge in [-0.2, -0.15) is 9.50 Å². The summed E-state index contributed by atoms with van der Waals surface area (Å²) in [5.74, 6) is 2.52. The Balaban J connectivity index is 1.57. The van der Waals surface area contributed by atoms with E-state index in [0.717, 1.165) is 16.9 Å². The van der Waals surface area contributed by atoms with E-state index in [-0.39, 0.29) is 5.56 Å². The van der Waals surface area contributed by atoms with Crippen LogP contribution in [0.3, 0.4) is 0 Å². The highest BCUT2D eigenvalue weighted by Crippen LogP contribution is 2.28. The third kappa shape index (κ3) is 4.40. The normalized spacial score (nSPS) is 12.3. The van der Waals surface area contributed by atoms with E-state index in [1.54, 1.807) is 33.5 Å². The average Bonchev–Trinajstić information content (AvgIpc) is 3.36. The lowest BCUT2D eigenvalue weighted by Gasteiger charge is -2.07. The molecule has 0 bridgehead atoms. The van der Waals surface area contributed by atoms with Crippen LogP contribution in [0.2, 0.25) is 0 Å². The van der Waals surface area contributed by atoms with Gasteiger partial charge in [-0.15, -0.1) is 5.10 Å². The number of para-hydroxylation sites is 1. The van der Waals surface area contributed by atoms with Crippen LogP contribution >= 0.6 is 11.3 Å². The Kier molecular flexibility index (Phi) is 6.32. The second kappa shape index (κ2) is 9.49. The van der Waals surface area contributed by atoms with Gasteiger partial charge in [-0.05, 0) is 35.9 Å². The van der Waals surface area contributed by atoms with Gasteiger partial charge in [0.25, 0.3) is 5.56 Å². The van der Waals surface area contributed by atoms with Crippen molar-refractivity contribution in [2.75, 3.05) is 21.3 Å². The Morgan fingerprint density at radius 3 is 2.44 bits per heavy atom. The van der Waals surface area contributed by atoms with Gasteiger partial charge in [0.2, 0.25) is 4.96 Å². The molecule has 0 fully saturated rings. The molecule has 0 radical (unpaired) electrons. The molecule has 0 N–H and O–H groups in total. The number of thiazole rings is 1. The molecule has 0 unspecified atom stereocenters. The summed E-state index contributed by atoms with van der Waals surface area (Å²) >= 11 is 1.29. The number of rotatable bonds is 7. The van der Waals surface area contributed by atoms with E-state index in [1.807, 2.05) is 60.7 Å². The first kappa shape index (κ1) is 21.3. The molecule has 0 aliphatic carbocycles. The van der Waals surface area contributed by atoms with Crippen LogP contribution in [-0.4, -0.2) is 35.9 Å². The number of aromatic nitrogens is 3. The molecule has 2 heterocycles. The molecule has 0 atom stereocenters. The van der Waals surface area contributed by atoms with Crippen molar-refractivity contribution in [1.82, 2.24) is 14.6 Å². The fraction of sp³-hybridized carbons (Fsp3) is 0.125. The van der Waals surface area contributed by atoms with Gasteiger partial charge in [-0.25, -0.2) is 0 Å². The van der Waals surface area contributed by atoms with Crippen molar-refractivity contribution in [2.45, 2.75) is 0 Å². The van der Waals surface area contributed by atoms with Gasteiger partial charge in [-0.1, -0.05) is 53.8 Å². The number of fused-ring (bicyclic) bond motifs is 1. The van der Waals surface area contributed by atoms with Crippen molar-refractivity contribution in [3.63, 3.8) is 0 Å². The molecule has 0 saturated carbocycles. The summed E-state index contributed by atoms with van der Waals surface area (Å²) in [6.07, 6.45) is 9.09. The number of hydrogen-bond acceptors (Lipinski definition) is 7. The summed E-state index contributed by atoms with van der Waals surface area (Å²) in [7, 11) is 4.81. The summed E-state index contributed by atoms with van der Waals surface area (Å²) in [4.78, 5) is 17.6. The first-order valence-electron chi connectivity index (χ1n) is 9.74. The van der Waals surface area contributed by atoms with Crippen LogP contribution in [0.5, 0.6) is 17.2 Å². The van der Waals surface area contributed by atoms with Gasteiger partial charge in [0, 0.05) is 5.56 Å². The maximum Gasteiger partial charge on any atom is 0.291 e. The fourth-order valence-corrected chi connectivity index (χ4v) is 3.97. The van der Waals surface area contributed by atoms with Crippen molar-refractivity contribution >= 4 is 40.6 Å². The minimum Gasteiger partial charge on any atom is -0.496 e. The van der Waals surface area contributed by atoms with E-state index in [1.165, 1.54) is 15.9 Å². The minimum atomic E-state index is -0.201. The largest absolute Gasteiger partial charge is 0.496 e. The molecular formula is C24H21N3O4S. The lowest BCUT2D eigenvalue weighted by molar-refractivity contribution is 0.355. The summed E-state index contributed by atoms with van der Waals surface area (Å²) in [5, 5.41) is 4.31. The zero-order valence-electron chi connectivity index (χ0n) is 17.8. The van der Waals surface area contributed by atoms with Gasteiger partial charge >= 0.3 is 0 Å². The molecule has 0 saturated heterocycles. The average molecular weight is 448 g/mol. The summed E-state index contributed by atoms with van der Waals surface area (Å²) < 4.78 is 17.8. The molecule has 8 heteroatoms.